The van der Waals surface area contributed by atoms with Crippen LogP contribution in [0.4, 0.5) is 5.82 Å². The molecule has 0 bridgehead atoms. The van der Waals surface area contributed by atoms with Crippen LogP contribution in [0.15, 0.2) is 45.8 Å². The molecule has 1 heterocycles. The maximum absolute atomic E-state index is 5.52. The summed E-state index contributed by atoms with van der Waals surface area (Å²) in [7, 11) is 0. The van der Waals surface area contributed by atoms with Gasteiger partial charge < -0.3 is 5.73 Å². The van der Waals surface area contributed by atoms with E-state index in [2.05, 4.69) is 30.9 Å². The summed E-state index contributed by atoms with van der Waals surface area (Å²) in [6.07, 6.45) is 4.87. The van der Waals surface area contributed by atoms with Gasteiger partial charge in [0, 0.05) is 21.8 Å². The van der Waals surface area contributed by atoms with E-state index in [0.717, 1.165) is 15.4 Å². The Bertz CT molecular complexity index is 600. The maximum atomic E-state index is 5.52. The quantitative estimate of drug-likeness (QED) is 0.865. The number of allylic oxidation sites excluding steroid dienone is 2. The summed E-state index contributed by atoms with van der Waals surface area (Å²) in [6.45, 7) is 1.81. The summed E-state index contributed by atoms with van der Waals surface area (Å²) in [4.78, 5) is 12.6. The Hall–Kier alpha value is -1.75. The molecule has 0 aliphatic heterocycles. The number of fused-ring (bicyclic) bond motifs is 1. The number of benzene rings is 1. The second-order valence-corrected chi connectivity index (χ2v) is 4.46. The van der Waals surface area contributed by atoms with Gasteiger partial charge in [-0.25, -0.2) is 15.0 Å². The summed E-state index contributed by atoms with van der Waals surface area (Å²) in [6, 6.07) is 5.80. The average molecular weight is 291 g/mol. The van der Waals surface area contributed by atoms with Crippen LogP contribution in [0.1, 0.15) is 6.92 Å². The number of nitrogens with two attached hydrogens (primary N) is 1. The first kappa shape index (κ1) is 11.7. The van der Waals surface area contributed by atoms with Crippen LogP contribution in [0.3, 0.4) is 0 Å². The molecule has 2 aromatic rings. The van der Waals surface area contributed by atoms with E-state index in [9.17, 15) is 0 Å². The van der Waals surface area contributed by atoms with Crippen LogP contribution < -0.4 is 5.73 Å². The van der Waals surface area contributed by atoms with Crippen molar-refractivity contribution in [3.63, 3.8) is 0 Å². The van der Waals surface area contributed by atoms with Crippen molar-refractivity contribution in [2.24, 2.45) is 10.7 Å². The van der Waals surface area contributed by atoms with E-state index in [1.54, 1.807) is 19.2 Å². The first-order valence-electron chi connectivity index (χ1n) is 5.03. The lowest BCUT2D eigenvalue weighted by molar-refractivity contribution is 1.20. The Morgan fingerprint density at radius 2 is 2.24 bits per heavy atom. The van der Waals surface area contributed by atoms with Crippen molar-refractivity contribution in [1.82, 2.24) is 9.97 Å². The molecule has 86 valence electrons. The first-order valence-corrected chi connectivity index (χ1v) is 5.83. The Kier molecular flexibility index (Phi) is 3.49. The predicted octanol–water partition coefficient (Wildman–Crippen LogP) is 2.96. The van der Waals surface area contributed by atoms with Crippen LogP contribution in [0, 0.1) is 0 Å². The van der Waals surface area contributed by atoms with Gasteiger partial charge in [-0.2, -0.15) is 0 Å². The smallest absolute Gasteiger partial charge is 0.163 e. The third kappa shape index (κ3) is 2.88. The van der Waals surface area contributed by atoms with Gasteiger partial charge in [-0.15, -0.1) is 0 Å². The van der Waals surface area contributed by atoms with Crippen molar-refractivity contribution in [2.75, 3.05) is 0 Å². The highest BCUT2D eigenvalue weighted by atomic mass is 79.9. The summed E-state index contributed by atoms with van der Waals surface area (Å²) in [5.74, 6) is 0.633. The molecule has 2 N–H and O–H groups in total. The standard InChI is InChI=1S/C12H11BrN4/c1-8(14)4-5-15-12-10-6-9(13)2-3-11(10)16-7-17-12/h2-7H,14H2,1H3. The number of halogens is 1. The first-order chi connectivity index (χ1) is 8.16. The minimum atomic E-state index is 0.633. The molecule has 0 amide bonds. The van der Waals surface area contributed by atoms with Crippen molar-refractivity contribution in [3.8, 4) is 0 Å². The van der Waals surface area contributed by atoms with Crippen LogP contribution in [0.5, 0.6) is 0 Å². The van der Waals surface area contributed by atoms with E-state index in [1.165, 1.54) is 6.33 Å². The number of aromatic nitrogens is 2. The van der Waals surface area contributed by atoms with E-state index in [-0.39, 0.29) is 0 Å². The second-order valence-electron chi connectivity index (χ2n) is 3.55. The van der Waals surface area contributed by atoms with Gasteiger partial charge in [-0.05, 0) is 31.2 Å². The van der Waals surface area contributed by atoms with Gasteiger partial charge >= 0.3 is 0 Å². The molecule has 5 heteroatoms. The van der Waals surface area contributed by atoms with Crippen LogP contribution in [-0.4, -0.2) is 16.2 Å². The molecule has 0 fully saturated rings. The number of rotatable bonds is 2. The summed E-state index contributed by atoms with van der Waals surface area (Å²) in [5, 5.41) is 0.904. The zero-order valence-electron chi connectivity index (χ0n) is 9.26. The normalized spacial score (nSPS) is 12.5. The molecule has 2 rings (SSSR count). The molecule has 0 aliphatic rings. The van der Waals surface area contributed by atoms with E-state index in [1.807, 2.05) is 18.2 Å². The maximum Gasteiger partial charge on any atom is 0.163 e. The summed E-state index contributed by atoms with van der Waals surface area (Å²) >= 11 is 3.42. The number of hydrogen-bond acceptors (Lipinski definition) is 4. The zero-order chi connectivity index (χ0) is 12.3. The highest BCUT2D eigenvalue weighted by Gasteiger charge is 2.01. The largest absolute Gasteiger partial charge is 0.402 e. The topological polar surface area (TPSA) is 64.2 Å². The van der Waals surface area contributed by atoms with Crippen molar-refractivity contribution in [3.05, 3.63) is 40.8 Å². The van der Waals surface area contributed by atoms with Crippen molar-refractivity contribution < 1.29 is 0 Å². The lowest BCUT2D eigenvalue weighted by atomic mass is 10.2. The zero-order valence-corrected chi connectivity index (χ0v) is 10.8. The van der Waals surface area contributed by atoms with Crippen LogP contribution in [-0.2, 0) is 0 Å². The number of aliphatic imine (C=N–C) groups is 1. The molecule has 0 radical (unpaired) electrons. The van der Waals surface area contributed by atoms with E-state index in [0.29, 0.717) is 11.5 Å². The molecule has 1 aromatic carbocycles. The highest BCUT2D eigenvalue weighted by molar-refractivity contribution is 9.10. The molecule has 4 nitrogen and oxygen atoms in total. The molecule has 17 heavy (non-hydrogen) atoms. The van der Waals surface area contributed by atoms with Gasteiger partial charge in [0.05, 0.1) is 5.52 Å². The Morgan fingerprint density at radius 3 is 3.00 bits per heavy atom. The fourth-order valence-electron chi connectivity index (χ4n) is 1.34. The molecule has 0 unspecified atom stereocenters. The minimum absolute atomic E-state index is 0.633. The fourth-order valence-corrected chi connectivity index (χ4v) is 1.70. The molecule has 1 aromatic heterocycles. The molecular weight excluding hydrogens is 280 g/mol. The number of nitrogens with zero attached hydrogens (tertiary/aromatic N) is 3. The van der Waals surface area contributed by atoms with Crippen molar-refractivity contribution >= 4 is 38.9 Å². The van der Waals surface area contributed by atoms with Gasteiger partial charge in [0.2, 0.25) is 0 Å². The number of hydrogen-bond donors (Lipinski definition) is 1. The highest BCUT2D eigenvalue weighted by Crippen LogP contribution is 2.24. The SMILES string of the molecule is CC(N)=CC=Nc1ncnc2ccc(Br)cc12. The monoisotopic (exact) mass is 290 g/mol. The average Bonchev–Trinajstić information content (AvgIpc) is 2.29. The predicted molar refractivity (Wildman–Crippen MR) is 73.3 cm³/mol. The van der Waals surface area contributed by atoms with Crippen LogP contribution in [0.25, 0.3) is 10.9 Å². The van der Waals surface area contributed by atoms with Gasteiger partial charge in [-0.1, -0.05) is 15.9 Å². The lowest BCUT2D eigenvalue weighted by Gasteiger charge is -2.00. The van der Waals surface area contributed by atoms with Gasteiger partial charge in [0.1, 0.15) is 6.33 Å². The second kappa shape index (κ2) is 5.05. The molecule has 0 saturated carbocycles. The molecule has 0 spiro atoms. The van der Waals surface area contributed by atoms with E-state index < -0.39 is 0 Å². The Labute approximate surface area is 107 Å². The fraction of sp³-hybridized carbons (Fsp3) is 0.0833. The van der Waals surface area contributed by atoms with E-state index in [4.69, 9.17) is 5.73 Å². The minimum Gasteiger partial charge on any atom is -0.402 e. The Morgan fingerprint density at radius 1 is 1.41 bits per heavy atom. The van der Waals surface area contributed by atoms with Gasteiger partial charge in [0.15, 0.2) is 5.82 Å². The van der Waals surface area contributed by atoms with Gasteiger partial charge in [-0.3, -0.25) is 0 Å². The molecule has 0 saturated heterocycles. The summed E-state index contributed by atoms with van der Waals surface area (Å²) in [5.41, 5.74) is 7.09. The molecule has 0 aliphatic carbocycles. The Balaban J connectivity index is 2.50. The molecular formula is C12H11BrN4. The van der Waals surface area contributed by atoms with Crippen molar-refractivity contribution in [2.45, 2.75) is 6.92 Å². The third-order valence-corrected chi connectivity index (χ3v) is 2.60. The molecule has 0 atom stereocenters. The van der Waals surface area contributed by atoms with Crippen molar-refractivity contribution in [1.29, 1.82) is 0 Å². The third-order valence-electron chi connectivity index (χ3n) is 2.11. The van der Waals surface area contributed by atoms with E-state index >= 15 is 0 Å². The lowest BCUT2D eigenvalue weighted by Crippen LogP contribution is -1.89. The van der Waals surface area contributed by atoms with Crippen LogP contribution >= 0.6 is 15.9 Å². The van der Waals surface area contributed by atoms with Crippen LogP contribution in [0.2, 0.25) is 0 Å². The summed E-state index contributed by atoms with van der Waals surface area (Å²) < 4.78 is 0.974. The van der Waals surface area contributed by atoms with Gasteiger partial charge in [0.25, 0.3) is 0 Å².